The number of carbonyl (C=O) groups is 1. The van der Waals surface area contributed by atoms with Crippen LogP contribution in [0.25, 0.3) is 0 Å². The standard InChI is InChI=1S/C15H25N5O/c1-5-10(2)20-9-12(6-7-16)8-19(4)15(20)13(11(3)21)14(17)18/h8-9,13-15H,5-6,17-18H2,1-4H3/q+2. The van der Waals surface area contributed by atoms with Crippen molar-refractivity contribution in [2.24, 2.45) is 17.4 Å². The topological polar surface area (TPSA) is 98.9 Å². The lowest BCUT2D eigenvalue weighted by atomic mass is 9.96. The van der Waals surface area contributed by atoms with Gasteiger partial charge in [0.15, 0.2) is 24.0 Å². The fraction of sp³-hybridized carbons (Fsp3) is 0.600. The zero-order valence-electron chi connectivity index (χ0n) is 13.2. The zero-order chi connectivity index (χ0) is 16.2. The second-order valence-corrected chi connectivity index (χ2v) is 5.46. The Kier molecular flexibility index (Phi) is 5.94. The molecule has 6 nitrogen and oxygen atoms in total. The summed E-state index contributed by atoms with van der Waals surface area (Å²) in [4.78, 5) is 12.0. The Hall–Kier alpha value is -1.84. The Labute approximate surface area is 126 Å². The highest BCUT2D eigenvalue weighted by Gasteiger charge is 2.46. The Morgan fingerprint density at radius 2 is 2.10 bits per heavy atom. The van der Waals surface area contributed by atoms with Gasteiger partial charge in [-0.25, -0.2) is 0 Å². The Morgan fingerprint density at radius 3 is 2.52 bits per heavy atom. The molecule has 1 rings (SSSR count). The number of carbonyl (C=O) groups excluding carboxylic acids is 1. The van der Waals surface area contributed by atoms with Crippen LogP contribution in [0.3, 0.4) is 0 Å². The maximum atomic E-state index is 12.0. The van der Waals surface area contributed by atoms with Crippen LogP contribution < -0.4 is 11.5 Å². The van der Waals surface area contributed by atoms with E-state index in [0.717, 1.165) is 17.7 Å². The number of nitrogens with two attached hydrogens (primary N) is 2. The van der Waals surface area contributed by atoms with E-state index < -0.39 is 12.1 Å². The SMILES string of the molecule is CCC(C)=[N+]1C=C(CC#N)C=[N+](C)C1C(C(C)=O)C(N)N. The molecule has 0 saturated carbocycles. The number of nitrogens with zero attached hydrogens (tertiary/aromatic N) is 3. The van der Waals surface area contributed by atoms with E-state index in [1.165, 1.54) is 6.92 Å². The van der Waals surface area contributed by atoms with Gasteiger partial charge in [0.25, 0.3) is 0 Å². The van der Waals surface area contributed by atoms with Crippen molar-refractivity contribution in [1.29, 1.82) is 5.26 Å². The first kappa shape index (κ1) is 17.2. The first-order chi connectivity index (χ1) is 9.83. The summed E-state index contributed by atoms with van der Waals surface area (Å²) in [5.74, 6) is -0.547. The van der Waals surface area contributed by atoms with Crippen LogP contribution in [0, 0.1) is 17.2 Å². The summed E-state index contributed by atoms with van der Waals surface area (Å²) < 4.78 is 3.94. The molecule has 0 aliphatic carbocycles. The average Bonchev–Trinajstić information content (AvgIpc) is 2.39. The maximum Gasteiger partial charge on any atom is 0.359 e. The van der Waals surface area contributed by atoms with Gasteiger partial charge in [0, 0.05) is 13.3 Å². The summed E-state index contributed by atoms with van der Waals surface area (Å²) in [5, 5.41) is 8.89. The first-order valence-corrected chi connectivity index (χ1v) is 7.10. The van der Waals surface area contributed by atoms with Crippen molar-refractivity contribution in [3.05, 3.63) is 11.8 Å². The molecular weight excluding hydrogens is 266 g/mol. The summed E-state index contributed by atoms with van der Waals surface area (Å²) in [6, 6.07) is 2.15. The molecule has 114 valence electrons. The zero-order valence-corrected chi connectivity index (χ0v) is 13.2. The molecule has 2 atom stereocenters. The molecule has 0 aromatic rings. The Bertz CT molecular complexity index is 551. The molecule has 0 radical (unpaired) electrons. The summed E-state index contributed by atoms with van der Waals surface area (Å²) >= 11 is 0. The summed E-state index contributed by atoms with van der Waals surface area (Å²) in [6.45, 7) is 5.57. The molecule has 4 N–H and O–H groups in total. The summed E-state index contributed by atoms with van der Waals surface area (Å²) in [7, 11) is 1.88. The molecule has 21 heavy (non-hydrogen) atoms. The molecule has 6 heteroatoms. The highest BCUT2D eigenvalue weighted by Crippen LogP contribution is 2.18. The van der Waals surface area contributed by atoms with Crippen molar-refractivity contribution in [2.45, 2.75) is 45.9 Å². The Morgan fingerprint density at radius 1 is 1.48 bits per heavy atom. The molecule has 0 saturated heterocycles. The van der Waals surface area contributed by atoms with Gasteiger partial charge < -0.3 is 11.5 Å². The number of hydrogen-bond donors (Lipinski definition) is 2. The smallest absolute Gasteiger partial charge is 0.315 e. The van der Waals surface area contributed by atoms with Gasteiger partial charge >= 0.3 is 6.17 Å². The average molecular weight is 291 g/mol. The van der Waals surface area contributed by atoms with Crippen LogP contribution >= 0.6 is 0 Å². The van der Waals surface area contributed by atoms with Crippen LogP contribution in [0.1, 0.15) is 33.6 Å². The molecule has 1 aliphatic heterocycles. The van der Waals surface area contributed by atoms with Crippen molar-refractivity contribution < 1.29 is 13.9 Å². The fourth-order valence-electron chi connectivity index (χ4n) is 2.63. The molecule has 0 aromatic carbocycles. The number of Topliss-reactive ketones (excluding diaryl/α,β-unsaturated/α-hetero) is 1. The number of nitriles is 1. The minimum Gasteiger partial charge on any atom is -0.315 e. The second kappa shape index (κ2) is 7.25. The molecule has 2 unspecified atom stereocenters. The van der Waals surface area contributed by atoms with Gasteiger partial charge in [-0.05, 0) is 6.92 Å². The minimum atomic E-state index is -0.735. The van der Waals surface area contributed by atoms with Gasteiger partial charge in [-0.1, -0.05) is 6.92 Å². The van der Waals surface area contributed by atoms with Crippen molar-refractivity contribution >= 4 is 17.7 Å². The van der Waals surface area contributed by atoms with E-state index in [9.17, 15) is 4.79 Å². The highest BCUT2D eigenvalue weighted by atomic mass is 16.1. The largest absolute Gasteiger partial charge is 0.359 e. The third-order valence-corrected chi connectivity index (χ3v) is 3.82. The third-order valence-electron chi connectivity index (χ3n) is 3.82. The normalized spacial score (nSPS) is 22.3. The molecule has 1 heterocycles. The first-order valence-electron chi connectivity index (χ1n) is 7.10. The van der Waals surface area contributed by atoms with Crippen molar-refractivity contribution in [1.82, 2.24) is 0 Å². The number of allylic oxidation sites excluding steroid dienone is 1. The van der Waals surface area contributed by atoms with E-state index in [4.69, 9.17) is 16.7 Å². The fourth-order valence-corrected chi connectivity index (χ4v) is 2.63. The van der Waals surface area contributed by atoms with Crippen molar-refractivity contribution in [2.75, 3.05) is 7.05 Å². The molecular formula is C15H25N5O+2. The van der Waals surface area contributed by atoms with Gasteiger partial charge in [0.1, 0.15) is 12.8 Å². The van der Waals surface area contributed by atoms with E-state index in [2.05, 4.69) is 6.07 Å². The van der Waals surface area contributed by atoms with Gasteiger partial charge in [-0.2, -0.15) is 9.84 Å². The number of ketones is 1. The monoisotopic (exact) mass is 291 g/mol. The Balaban J connectivity index is 3.40. The minimum absolute atomic E-state index is 0.0405. The second-order valence-electron chi connectivity index (χ2n) is 5.46. The number of rotatable bonds is 5. The van der Waals surface area contributed by atoms with Crippen LogP contribution in [-0.4, -0.2) is 46.2 Å². The molecule has 0 amide bonds. The van der Waals surface area contributed by atoms with E-state index in [-0.39, 0.29) is 11.9 Å². The summed E-state index contributed by atoms with van der Waals surface area (Å²) in [5.41, 5.74) is 13.7. The van der Waals surface area contributed by atoms with E-state index in [1.54, 1.807) is 0 Å². The molecule has 0 fully saturated rings. The third kappa shape index (κ3) is 3.84. The summed E-state index contributed by atoms with van der Waals surface area (Å²) in [6.07, 6.45) is 3.97. The molecule has 0 spiro atoms. The van der Waals surface area contributed by atoms with E-state index >= 15 is 0 Å². The molecule has 0 aromatic heterocycles. The maximum absolute atomic E-state index is 12.0. The van der Waals surface area contributed by atoms with Crippen LogP contribution in [0.15, 0.2) is 11.8 Å². The van der Waals surface area contributed by atoms with Gasteiger partial charge in [0.2, 0.25) is 0 Å². The lowest BCUT2D eigenvalue weighted by molar-refractivity contribution is -0.748. The van der Waals surface area contributed by atoms with Crippen LogP contribution in [0.5, 0.6) is 0 Å². The van der Waals surface area contributed by atoms with Crippen LogP contribution in [-0.2, 0) is 4.79 Å². The van der Waals surface area contributed by atoms with Crippen LogP contribution in [0.2, 0.25) is 0 Å². The predicted molar refractivity (Wildman–Crippen MR) is 81.9 cm³/mol. The molecule has 0 bridgehead atoms. The van der Waals surface area contributed by atoms with E-state index in [0.29, 0.717) is 6.42 Å². The lowest BCUT2D eigenvalue weighted by Gasteiger charge is -2.24. The van der Waals surface area contributed by atoms with Crippen molar-refractivity contribution in [3.63, 3.8) is 0 Å². The predicted octanol–water partition coefficient (Wildman–Crippen LogP) is 0.169. The van der Waals surface area contributed by atoms with E-state index in [1.807, 2.05) is 42.5 Å². The van der Waals surface area contributed by atoms with Gasteiger partial charge in [0.05, 0.1) is 24.2 Å². The molecule has 1 aliphatic rings. The highest BCUT2D eigenvalue weighted by molar-refractivity contribution is 5.81. The number of hydrogen-bond acceptors (Lipinski definition) is 4. The van der Waals surface area contributed by atoms with Crippen molar-refractivity contribution in [3.8, 4) is 6.07 Å². The quantitative estimate of drug-likeness (QED) is 0.557. The van der Waals surface area contributed by atoms with Crippen LogP contribution in [0.4, 0.5) is 0 Å². The van der Waals surface area contributed by atoms with Gasteiger partial charge in [-0.3, -0.25) is 4.79 Å². The lowest BCUT2D eigenvalue weighted by Crippen LogP contribution is -2.56. The van der Waals surface area contributed by atoms with Gasteiger partial charge in [-0.15, -0.1) is 4.58 Å².